The number of aliphatic carboxylic acids is 2. The van der Waals surface area contributed by atoms with Crippen molar-refractivity contribution < 1.29 is 53.3 Å². The zero-order valence-electron chi connectivity index (χ0n) is 33.1. The smallest absolute Gasteiger partial charge is 0.326 e. The second-order valence-corrected chi connectivity index (χ2v) is 14.0. The summed E-state index contributed by atoms with van der Waals surface area (Å²) in [5.74, 6) is -8.36. The van der Waals surface area contributed by atoms with Crippen LogP contribution in [0.3, 0.4) is 0 Å². The van der Waals surface area contributed by atoms with Crippen LogP contribution in [0.2, 0.25) is 0 Å². The molecule has 0 fully saturated rings. The molecule has 0 aliphatic rings. The topological polar surface area (TPSA) is 258 Å². The van der Waals surface area contributed by atoms with Crippen LogP contribution in [0, 0.1) is 17.8 Å². The second-order valence-electron chi connectivity index (χ2n) is 14.0. The van der Waals surface area contributed by atoms with Gasteiger partial charge in [0.2, 0.25) is 35.4 Å². The summed E-state index contributed by atoms with van der Waals surface area (Å²) in [4.78, 5) is 104. The van der Waals surface area contributed by atoms with Crippen molar-refractivity contribution in [1.29, 1.82) is 0 Å². The van der Waals surface area contributed by atoms with E-state index in [1.807, 2.05) is 6.92 Å². The van der Waals surface area contributed by atoms with Crippen molar-refractivity contribution in [3.8, 4) is 0 Å². The minimum absolute atomic E-state index is 0.00451. The standard InChI is InChI=1S/C38H60N6O11/c1-9-22(6)31(42-28(45)17-18-55-8)37(52)43-30(21(4)5)35(50)44-32(23(7)10-2)36(51)41-26(19-24-15-13-12-14-16-24)33(48)40-27(20-29(46)47)34(49)39-25(11-3)38(53)54/h12-16,21-23,25-27,30-32H,9-11,17-20H2,1-8H3,(H,39,49)(H,40,48)(H,41,51)(H,42,45)(H,43,52)(H,44,50)(H,46,47)(H,53,54)/t22?,23?,25?,26-,27-,30-,31-,32-/m0/s1. The summed E-state index contributed by atoms with van der Waals surface area (Å²) < 4.78 is 4.96. The zero-order chi connectivity index (χ0) is 41.8. The molecule has 0 aliphatic heterocycles. The van der Waals surface area contributed by atoms with Crippen LogP contribution in [0.1, 0.15) is 86.1 Å². The van der Waals surface area contributed by atoms with Crippen molar-refractivity contribution in [3.63, 3.8) is 0 Å². The van der Waals surface area contributed by atoms with E-state index in [2.05, 4.69) is 31.9 Å². The molecule has 0 saturated carbocycles. The lowest BCUT2D eigenvalue weighted by atomic mass is 9.94. The average Bonchev–Trinajstić information content (AvgIpc) is 3.14. The van der Waals surface area contributed by atoms with Gasteiger partial charge in [-0.05, 0) is 29.7 Å². The van der Waals surface area contributed by atoms with Gasteiger partial charge in [-0.3, -0.25) is 33.6 Å². The molecule has 17 nitrogen and oxygen atoms in total. The molecular formula is C38H60N6O11. The number of carbonyl (C=O) groups is 8. The molecule has 0 aromatic heterocycles. The molecule has 1 aromatic carbocycles. The van der Waals surface area contributed by atoms with E-state index in [0.717, 1.165) is 0 Å². The summed E-state index contributed by atoms with van der Waals surface area (Å²) in [5.41, 5.74) is 0.607. The first-order valence-corrected chi connectivity index (χ1v) is 18.7. The minimum atomic E-state index is -1.68. The van der Waals surface area contributed by atoms with E-state index >= 15 is 0 Å². The van der Waals surface area contributed by atoms with Gasteiger partial charge < -0.3 is 46.9 Å². The third-order valence-corrected chi connectivity index (χ3v) is 9.34. The Balaban J connectivity index is 3.40. The summed E-state index contributed by atoms with van der Waals surface area (Å²) >= 11 is 0. The Morgan fingerprint density at radius 3 is 1.56 bits per heavy atom. The zero-order valence-corrected chi connectivity index (χ0v) is 33.1. The summed E-state index contributed by atoms with van der Waals surface area (Å²) in [6.07, 6.45) is 0.0398. The number of carboxylic acid groups (broad SMARTS) is 2. The monoisotopic (exact) mass is 776 g/mol. The molecular weight excluding hydrogens is 716 g/mol. The predicted octanol–water partition coefficient (Wildman–Crippen LogP) is 0.892. The number of carboxylic acids is 2. The number of amides is 6. The summed E-state index contributed by atoms with van der Waals surface area (Å²) in [6.45, 7) is 12.3. The maximum absolute atomic E-state index is 14.0. The van der Waals surface area contributed by atoms with Crippen molar-refractivity contribution in [3.05, 3.63) is 35.9 Å². The fraction of sp³-hybridized carbons (Fsp3) is 0.632. The lowest BCUT2D eigenvalue weighted by Gasteiger charge is -2.31. The van der Waals surface area contributed by atoms with Crippen LogP contribution in [0.15, 0.2) is 30.3 Å². The fourth-order valence-electron chi connectivity index (χ4n) is 5.45. The number of methoxy groups -OCH3 is 1. The van der Waals surface area contributed by atoms with Crippen LogP contribution in [0.25, 0.3) is 0 Å². The van der Waals surface area contributed by atoms with Crippen molar-refractivity contribution in [2.75, 3.05) is 13.7 Å². The van der Waals surface area contributed by atoms with E-state index in [1.54, 1.807) is 65.0 Å². The summed E-state index contributed by atoms with van der Waals surface area (Å²) in [6, 6.07) is 0.901. The Labute approximate surface area is 322 Å². The molecule has 6 amide bonds. The largest absolute Gasteiger partial charge is 0.481 e. The number of rotatable bonds is 25. The highest BCUT2D eigenvalue weighted by Crippen LogP contribution is 2.14. The number of ether oxygens (including phenoxy) is 1. The molecule has 17 heteroatoms. The fourth-order valence-corrected chi connectivity index (χ4v) is 5.45. The van der Waals surface area contributed by atoms with E-state index < -0.39 is 102 Å². The van der Waals surface area contributed by atoms with E-state index in [-0.39, 0.29) is 31.8 Å². The van der Waals surface area contributed by atoms with E-state index in [4.69, 9.17) is 4.74 Å². The van der Waals surface area contributed by atoms with Gasteiger partial charge in [-0.25, -0.2) is 4.79 Å². The third-order valence-electron chi connectivity index (χ3n) is 9.34. The molecule has 308 valence electrons. The maximum atomic E-state index is 14.0. The summed E-state index contributed by atoms with van der Waals surface area (Å²) in [7, 11) is 1.45. The number of hydrogen-bond acceptors (Lipinski definition) is 9. The van der Waals surface area contributed by atoms with Crippen LogP contribution in [0.4, 0.5) is 0 Å². The highest BCUT2D eigenvalue weighted by molar-refractivity contribution is 5.97. The first kappa shape index (κ1) is 48.0. The quantitative estimate of drug-likeness (QED) is 0.0692. The average molecular weight is 777 g/mol. The Morgan fingerprint density at radius 1 is 0.600 bits per heavy atom. The predicted molar refractivity (Wildman–Crippen MR) is 202 cm³/mol. The molecule has 0 radical (unpaired) electrons. The molecule has 1 aromatic rings. The number of carbonyl (C=O) groups excluding carboxylic acids is 6. The maximum Gasteiger partial charge on any atom is 0.326 e. The van der Waals surface area contributed by atoms with E-state index in [1.165, 1.54) is 14.0 Å². The highest BCUT2D eigenvalue weighted by Gasteiger charge is 2.36. The first-order chi connectivity index (χ1) is 25.9. The molecule has 55 heavy (non-hydrogen) atoms. The van der Waals surface area contributed by atoms with Crippen molar-refractivity contribution >= 4 is 47.4 Å². The van der Waals surface area contributed by atoms with Crippen LogP contribution in [-0.2, 0) is 49.5 Å². The number of nitrogens with one attached hydrogen (secondary N) is 6. The van der Waals surface area contributed by atoms with Crippen LogP contribution >= 0.6 is 0 Å². The molecule has 0 bridgehead atoms. The summed E-state index contributed by atoms with van der Waals surface area (Å²) in [5, 5.41) is 34.3. The van der Waals surface area contributed by atoms with Crippen LogP contribution in [0.5, 0.6) is 0 Å². The minimum Gasteiger partial charge on any atom is -0.481 e. The lowest BCUT2D eigenvalue weighted by Crippen LogP contribution is -2.62. The van der Waals surface area contributed by atoms with E-state index in [9.17, 15) is 48.6 Å². The van der Waals surface area contributed by atoms with Gasteiger partial charge in [0, 0.05) is 20.0 Å². The van der Waals surface area contributed by atoms with Gasteiger partial charge in [0.15, 0.2) is 0 Å². The SMILES string of the molecule is CCC(NC(=O)[C@H](CC(=O)O)NC(=O)[C@H](Cc1ccccc1)NC(=O)[C@@H](NC(=O)[C@@H](NC(=O)[C@@H](NC(=O)CCOC)C(C)CC)C(C)C)C(C)CC)C(=O)O. The normalized spacial score (nSPS) is 15.4. The molecule has 3 unspecified atom stereocenters. The molecule has 0 heterocycles. The lowest BCUT2D eigenvalue weighted by molar-refractivity contribution is -0.143. The molecule has 8 N–H and O–H groups in total. The Hall–Kier alpha value is -5.06. The Kier molecular flexibility index (Phi) is 21.2. The van der Waals surface area contributed by atoms with E-state index in [0.29, 0.717) is 18.4 Å². The van der Waals surface area contributed by atoms with Gasteiger partial charge in [0.1, 0.15) is 36.3 Å². The molecule has 1 rings (SSSR count). The Bertz CT molecular complexity index is 1460. The highest BCUT2D eigenvalue weighted by atomic mass is 16.5. The van der Waals surface area contributed by atoms with Crippen molar-refractivity contribution in [2.45, 2.75) is 123 Å². The number of benzene rings is 1. The van der Waals surface area contributed by atoms with Gasteiger partial charge in [-0.1, -0.05) is 91.6 Å². The van der Waals surface area contributed by atoms with Crippen LogP contribution < -0.4 is 31.9 Å². The molecule has 0 saturated heterocycles. The Morgan fingerprint density at radius 2 is 1.07 bits per heavy atom. The van der Waals surface area contributed by atoms with Crippen molar-refractivity contribution in [1.82, 2.24) is 31.9 Å². The van der Waals surface area contributed by atoms with Crippen molar-refractivity contribution in [2.24, 2.45) is 17.8 Å². The number of hydrogen-bond donors (Lipinski definition) is 8. The first-order valence-electron chi connectivity index (χ1n) is 18.7. The van der Waals surface area contributed by atoms with Crippen LogP contribution in [-0.4, -0.2) is 108 Å². The second kappa shape index (κ2) is 24.4. The van der Waals surface area contributed by atoms with Gasteiger partial charge in [0.05, 0.1) is 13.0 Å². The molecule has 8 atom stereocenters. The van der Waals surface area contributed by atoms with Gasteiger partial charge in [0.25, 0.3) is 0 Å². The van der Waals surface area contributed by atoms with Gasteiger partial charge in [-0.2, -0.15) is 0 Å². The van der Waals surface area contributed by atoms with Gasteiger partial charge in [-0.15, -0.1) is 0 Å². The van der Waals surface area contributed by atoms with Gasteiger partial charge >= 0.3 is 11.9 Å². The molecule has 0 aliphatic carbocycles. The third kappa shape index (κ3) is 16.5. The molecule has 0 spiro atoms.